The third-order valence-corrected chi connectivity index (χ3v) is 3.65. The van der Waals surface area contributed by atoms with Gasteiger partial charge in [0.25, 0.3) is 5.91 Å². The topological polar surface area (TPSA) is 113 Å². The molecule has 20 heavy (non-hydrogen) atoms. The van der Waals surface area contributed by atoms with Crippen molar-refractivity contribution in [3.8, 4) is 6.07 Å². The highest BCUT2D eigenvalue weighted by atomic mass is 16.2. The maximum Gasteiger partial charge on any atom is 0.252 e. The van der Waals surface area contributed by atoms with Gasteiger partial charge < -0.3 is 10.7 Å². The second-order valence-corrected chi connectivity index (χ2v) is 4.99. The Morgan fingerprint density at radius 3 is 3.15 bits per heavy atom. The molecular formula is C13H14N6O. The Kier molecular flexibility index (Phi) is 2.79. The third kappa shape index (κ3) is 1.86. The van der Waals surface area contributed by atoms with Crippen molar-refractivity contribution >= 4 is 11.7 Å². The zero-order valence-electron chi connectivity index (χ0n) is 11.1. The predicted octanol–water partition coefficient (Wildman–Crippen LogP) is 0.814. The minimum atomic E-state index is -0.184. The quantitative estimate of drug-likeness (QED) is 0.796. The Morgan fingerprint density at radius 1 is 1.65 bits per heavy atom. The molecule has 3 rings (SSSR count). The number of aromatic amines is 1. The standard InChI is InChI=1S/C13H14N6O/c1-7-17-10-3-2-8(4-11(10)18-7)13(20)19-12(15)9(5-14)6-16-19/h6,8H,2-4,15H2,1H3,(H,17,18). The van der Waals surface area contributed by atoms with Crippen LogP contribution in [-0.2, 0) is 12.8 Å². The molecule has 7 nitrogen and oxygen atoms in total. The maximum atomic E-state index is 12.4. The lowest BCUT2D eigenvalue weighted by atomic mass is 9.89. The Bertz CT molecular complexity index is 720. The molecule has 102 valence electrons. The van der Waals surface area contributed by atoms with Gasteiger partial charge in [-0.25, -0.2) is 4.98 Å². The molecule has 2 aromatic rings. The number of rotatable bonds is 1. The lowest BCUT2D eigenvalue weighted by Crippen LogP contribution is -2.29. The fourth-order valence-corrected chi connectivity index (χ4v) is 2.63. The Balaban J connectivity index is 1.86. The number of carbonyl (C=O) groups is 1. The average molecular weight is 270 g/mol. The SMILES string of the molecule is Cc1nc2c([nH]1)CC(C(=O)n1ncc(C#N)c1N)CC2. The molecule has 0 saturated heterocycles. The van der Waals surface area contributed by atoms with Gasteiger partial charge in [-0.1, -0.05) is 0 Å². The first-order chi connectivity index (χ1) is 9.60. The molecule has 2 aromatic heterocycles. The summed E-state index contributed by atoms with van der Waals surface area (Å²) in [6, 6.07) is 1.92. The maximum absolute atomic E-state index is 12.4. The molecule has 1 unspecified atom stereocenters. The van der Waals surface area contributed by atoms with Crippen molar-refractivity contribution < 1.29 is 4.79 Å². The van der Waals surface area contributed by atoms with Crippen LogP contribution in [0.25, 0.3) is 0 Å². The molecule has 1 aliphatic rings. The molecule has 1 aliphatic carbocycles. The molecule has 7 heteroatoms. The van der Waals surface area contributed by atoms with Gasteiger partial charge in [-0.3, -0.25) is 4.79 Å². The van der Waals surface area contributed by atoms with Crippen LogP contribution in [0.5, 0.6) is 0 Å². The third-order valence-electron chi connectivity index (χ3n) is 3.65. The van der Waals surface area contributed by atoms with Gasteiger partial charge in [0.2, 0.25) is 0 Å². The number of hydrogen-bond acceptors (Lipinski definition) is 5. The van der Waals surface area contributed by atoms with Crippen molar-refractivity contribution in [1.82, 2.24) is 19.7 Å². The Labute approximate surface area is 115 Å². The number of aromatic nitrogens is 4. The summed E-state index contributed by atoms with van der Waals surface area (Å²) in [7, 11) is 0. The molecule has 0 aliphatic heterocycles. The summed E-state index contributed by atoms with van der Waals surface area (Å²) in [5.74, 6) is 0.635. The Hall–Kier alpha value is -2.62. The lowest BCUT2D eigenvalue weighted by Gasteiger charge is -2.20. The minimum Gasteiger partial charge on any atom is -0.382 e. The highest BCUT2D eigenvalue weighted by molar-refractivity contribution is 5.84. The van der Waals surface area contributed by atoms with E-state index in [4.69, 9.17) is 11.0 Å². The number of nitrogen functional groups attached to an aromatic ring is 1. The number of nitrogens with zero attached hydrogens (tertiary/aromatic N) is 4. The zero-order valence-corrected chi connectivity index (χ0v) is 11.1. The molecule has 0 amide bonds. The van der Waals surface area contributed by atoms with Crippen molar-refractivity contribution in [2.24, 2.45) is 5.92 Å². The number of hydrogen-bond donors (Lipinski definition) is 2. The van der Waals surface area contributed by atoms with Crippen LogP contribution in [0.15, 0.2) is 6.20 Å². The molecule has 0 saturated carbocycles. The number of nitrogens with one attached hydrogen (secondary N) is 1. The van der Waals surface area contributed by atoms with E-state index in [0.717, 1.165) is 34.7 Å². The zero-order chi connectivity index (χ0) is 14.3. The van der Waals surface area contributed by atoms with Gasteiger partial charge in [0.1, 0.15) is 23.3 Å². The fourth-order valence-electron chi connectivity index (χ4n) is 2.63. The fraction of sp³-hybridized carbons (Fsp3) is 0.385. The summed E-state index contributed by atoms with van der Waals surface area (Å²) < 4.78 is 1.14. The van der Waals surface area contributed by atoms with E-state index in [1.807, 2.05) is 13.0 Å². The Morgan fingerprint density at radius 2 is 2.45 bits per heavy atom. The van der Waals surface area contributed by atoms with Crippen LogP contribution in [0.4, 0.5) is 5.82 Å². The number of anilines is 1. The number of carbonyl (C=O) groups excluding carboxylic acids is 1. The highest BCUT2D eigenvalue weighted by Crippen LogP contribution is 2.26. The second-order valence-electron chi connectivity index (χ2n) is 4.99. The van der Waals surface area contributed by atoms with Gasteiger partial charge >= 0.3 is 0 Å². The van der Waals surface area contributed by atoms with E-state index in [0.29, 0.717) is 6.42 Å². The van der Waals surface area contributed by atoms with Gasteiger partial charge in [-0.05, 0) is 19.8 Å². The molecule has 3 N–H and O–H groups in total. The van der Waals surface area contributed by atoms with E-state index in [9.17, 15) is 4.79 Å². The van der Waals surface area contributed by atoms with Crippen LogP contribution in [0.2, 0.25) is 0 Å². The first-order valence-corrected chi connectivity index (χ1v) is 6.42. The number of fused-ring (bicyclic) bond motifs is 1. The number of nitrogens with two attached hydrogens (primary N) is 1. The molecule has 2 heterocycles. The largest absolute Gasteiger partial charge is 0.382 e. The van der Waals surface area contributed by atoms with E-state index in [1.54, 1.807) is 0 Å². The van der Waals surface area contributed by atoms with E-state index < -0.39 is 0 Å². The van der Waals surface area contributed by atoms with E-state index in [-0.39, 0.29) is 23.2 Å². The summed E-state index contributed by atoms with van der Waals surface area (Å²) in [4.78, 5) is 20.0. The number of imidazole rings is 1. The van der Waals surface area contributed by atoms with Crippen LogP contribution in [0.1, 0.15) is 34.0 Å². The molecule has 0 bridgehead atoms. The molecule has 0 aromatic carbocycles. The summed E-state index contributed by atoms with van der Waals surface area (Å²) in [5, 5.41) is 12.8. The predicted molar refractivity (Wildman–Crippen MR) is 70.8 cm³/mol. The van der Waals surface area contributed by atoms with Crippen LogP contribution < -0.4 is 5.73 Å². The first kappa shape index (κ1) is 12.4. The van der Waals surface area contributed by atoms with Crippen molar-refractivity contribution in [2.75, 3.05) is 5.73 Å². The normalized spacial score (nSPS) is 17.5. The smallest absolute Gasteiger partial charge is 0.252 e. The number of aryl methyl sites for hydroxylation is 2. The van der Waals surface area contributed by atoms with Crippen molar-refractivity contribution in [3.05, 3.63) is 29.0 Å². The second kappa shape index (κ2) is 4.49. The van der Waals surface area contributed by atoms with Crippen molar-refractivity contribution in [1.29, 1.82) is 5.26 Å². The van der Waals surface area contributed by atoms with Gasteiger partial charge in [0.15, 0.2) is 0 Å². The average Bonchev–Trinajstić information content (AvgIpc) is 2.98. The van der Waals surface area contributed by atoms with E-state index in [1.165, 1.54) is 6.20 Å². The molecule has 1 atom stereocenters. The molecule has 0 fully saturated rings. The summed E-state index contributed by atoms with van der Waals surface area (Å²) >= 11 is 0. The van der Waals surface area contributed by atoms with E-state index in [2.05, 4.69) is 15.1 Å². The van der Waals surface area contributed by atoms with Gasteiger partial charge in [-0.15, -0.1) is 0 Å². The molecular weight excluding hydrogens is 256 g/mol. The van der Waals surface area contributed by atoms with Crippen LogP contribution in [0, 0.1) is 24.2 Å². The molecule has 0 spiro atoms. The summed E-state index contributed by atoms with van der Waals surface area (Å²) in [6.45, 7) is 1.90. The lowest BCUT2D eigenvalue weighted by molar-refractivity contribution is 0.0807. The molecule has 0 radical (unpaired) electrons. The van der Waals surface area contributed by atoms with Gasteiger partial charge in [-0.2, -0.15) is 15.0 Å². The van der Waals surface area contributed by atoms with Crippen molar-refractivity contribution in [2.45, 2.75) is 26.2 Å². The van der Waals surface area contributed by atoms with Crippen LogP contribution >= 0.6 is 0 Å². The number of H-pyrrole nitrogens is 1. The van der Waals surface area contributed by atoms with Crippen molar-refractivity contribution in [3.63, 3.8) is 0 Å². The minimum absolute atomic E-state index is 0.115. The van der Waals surface area contributed by atoms with E-state index >= 15 is 0 Å². The van der Waals surface area contributed by atoms with Gasteiger partial charge in [0, 0.05) is 18.0 Å². The van der Waals surface area contributed by atoms with Crippen LogP contribution in [0.3, 0.4) is 0 Å². The summed E-state index contributed by atoms with van der Waals surface area (Å²) in [5.41, 5.74) is 8.04. The van der Waals surface area contributed by atoms with Crippen LogP contribution in [-0.4, -0.2) is 25.7 Å². The van der Waals surface area contributed by atoms with Gasteiger partial charge in [0.05, 0.1) is 11.9 Å². The number of nitriles is 1. The summed E-state index contributed by atoms with van der Waals surface area (Å²) in [6.07, 6.45) is 3.41. The first-order valence-electron chi connectivity index (χ1n) is 6.42. The monoisotopic (exact) mass is 270 g/mol. The highest BCUT2D eigenvalue weighted by Gasteiger charge is 2.29.